The van der Waals surface area contributed by atoms with E-state index < -0.39 is 4.92 Å². The van der Waals surface area contributed by atoms with E-state index in [0.29, 0.717) is 11.4 Å². The molecule has 0 saturated heterocycles. The summed E-state index contributed by atoms with van der Waals surface area (Å²) in [5.74, 6) is 0.976. The molecule has 0 atom stereocenters. The fourth-order valence-corrected chi connectivity index (χ4v) is 3.06. The van der Waals surface area contributed by atoms with Crippen LogP contribution in [-0.2, 0) is 0 Å². The van der Waals surface area contributed by atoms with Crippen molar-refractivity contribution in [2.45, 2.75) is 38.1 Å². The molecular formula is C17H21N5O3. The van der Waals surface area contributed by atoms with Gasteiger partial charge in [0.15, 0.2) is 0 Å². The van der Waals surface area contributed by atoms with Gasteiger partial charge in [-0.25, -0.2) is 9.97 Å². The Kier molecular flexibility index (Phi) is 5.27. The van der Waals surface area contributed by atoms with Crippen molar-refractivity contribution in [2.24, 2.45) is 0 Å². The standard InChI is InChI=1S/C17H21N5O3/c1-25-14-10-6-5-9-13(14)21-17-15(22(23)24)16(18-11-19-17)20-12-7-3-2-4-8-12/h5-6,9-12H,2-4,7-8H2,1H3,(H2,18,19,20,21). The van der Waals surface area contributed by atoms with E-state index in [2.05, 4.69) is 20.6 Å². The van der Waals surface area contributed by atoms with E-state index in [4.69, 9.17) is 4.74 Å². The molecule has 1 aliphatic carbocycles. The third-order valence-electron chi connectivity index (χ3n) is 4.31. The van der Waals surface area contributed by atoms with Gasteiger partial charge in [-0.3, -0.25) is 10.1 Å². The van der Waals surface area contributed by atoms with E-state index >= 15 is 0 Å². The Morgan fingerprint density at radius 3 is 2.60 bits per heavy atom. The molecule has 1 saturated carbocycles. The molecule has 0 amide bonds. The minimum absolute atomic E-state index is 0.141. The van der Waals surface area contributed by atoms with Gasteiger partial charge in [0.2, 0.25) is 11.6 Å². The molecule has 1 heterocycles. The third-order valence-corrected chi connectivity index (χ3v) is 4.31. The van der Waals surface area contributed by atoms with Crippen LogP contribution in [0, 0.1) is 10.1 Å². The lowest BCUT2D eigenvalue weighted by Gasteiger charge is -2.23. The number of anilines is 3. The smallest absolute Gasteiger partial charge is 0.353 e. The SMILES string of the molecule is COc1ccccc1Nc1ncnc(NC2CCCCC2)c1[N+](=O)[O-]. The quantitative estimate of drug-likeness (QED) is 0.606. The first kappa shape index (κ1) is 16.9. The number of hydrogen-bond acceptors (Lipinski definition) is 7. The van der Waals surface area contributed by atoms with Crippen LogP contribution in [0.4, 0.5) is 23.0 Å². The molecule has 2 N–H and O–H groups in total. The molecule has 0 bridgehead atoms. The van der Waals surface area contributed by atoms with Crippen molar-refractivity contribution in [1.29, 1.82) is 0 Å². The average Bonchev–Trinajstić information content (AvgIpc) is 2.63. The number of ether oxygens (including phenoxy) is 1. The Bertz CT molecular complexity index is 747. The van der Waals surface area contributed by atoms with Gasteiger partial charge in [-0.2, -0.15) is 0 Å². The van der Waals surface area contributed by atoms with Gasteiger partial charge in [0.1, 0.15) is 12.1 Å². The van der Waals surface area contributed by atoms with Crippen molar-refractivity contribution >= 4 is 23.0 Å². The van der Waals surface area contributed by atoms with Gasteiger partial charge in [0.05, 0.1) is 17.7 Å². The van der Waals surface area contributed by atoms with Crippen molar-refractivity contribution in [2.75, 3.05) is 17.7 Å². The Morgan fingerprint density at radius 1 is 1.16 bits per heavy atom. The summed E-state index contributed by atoms with van der Waals surface area (Å²) in [5, 5.41) is 17.9. The predicted molar refractivity (Wildman–Crippen MR) is 95.5 cm³/mol. The number of nitro groups is 1. The molecular weight excluding hydrogens is 322 g/mol. The first-order chi connectivity index (χ1) is 12.2. The monoisotopic (exact) mass is 343 g/mol. The lowest BCUT2D eigenvalue weighted by Crippen LogP contribution is -2.23. The molecule has 0 spiro atoms. The van der Waals surface area contributed by atoms with Gasteiger partial charge in [0.25, 0.3) is 0 Å². The maximum absolute atomic E-state index is 11.6. The van der Waals surface area contributed by atoms with Crippen molar-refractivity contribution in [3.63, 3.8) is 0 Å². The lowest BCUT2D eigenvalue weighted by molar-refractivity contribution is -0.383. The highest BCUT2D eigenvalue weighted by atomic mass is 16.6. The Labute approximate surface area is 145 Å². The summed E-state index contributed by atoms with van der Waals surface area (Å²) < 4.78 is 5.28. The molecule has 25 heavy (non-hydrogen) atoms. The van der Waals surface area contributed by atoms with Crippen LogP contribution >= 0.6 is 0 Å². The summed E-state index contributed by atoms with van der Waals surface area (Å²) in [5.41, 5.74) is 0.453. The van der Waals surface area contributed by atoms with Crippen molar-refractivity contribution in [3.05, 3.63) is 40.7 Å². The van der Waals surface area contributed by atoms with E-state index in [0.717, 1.165) is 25.7 Å². The van der Waals surface area contributed by atoms with Crippen LogP contribution in [0.5, 0.6) is 5.75 Å². The van der Waals surface area contributed by atoms with Crippen LogP contribution < -0.4 is 15.4 Å². The van der Waals surface area contributed by atoms with Gasteiger partial charge in [-0.15, -0.1) is 0 Å². The van der Waals surface area contributed by atoms with Crippen LogP contribution in [0.25, 0.3) is 0 Å². The second-order valence-corrected chi connectivity index (χ2v) is 5.98. The zero-order valence-corrected chi connectivity index (χ0v) is 14.1. The minimum atomic E-state index is -0.455. The largest absolute Gasteiger partial charge is 0.495 e. The van der Waals surface area contributed by atoms with Gasteiger partial charge < -0.3 is 15.4 Å². The molecule has 132 valence electrons. The summed E-state index contributed by atoms with van der Waals surface area (Å²) >= 11 is 0. The van der Waals surface area contributed by atoms with Crippen LogP contribution in [0.15, 0.2) is 30.6 Å². The van der Waals surface area contributed by atoms with Crippen LogP contribution in [-0.4, -0.2) is 28.0 Å². The molecule has 3 rings (SSSR count). The predicted octanol–water partition coefficient (Wildman–Crippen LogP) is 3.88. The fourth-order valence-electron chi connectivity index (χ4n) is 3.06. The molecule has 0 aliphatic heterocycles. The third kappa shape index (κ3) is 3.96. The Morgan fingerprint density at radius 2 is 1.88 bits per heavy atom. The summed E-state index contributed by atoms with van der Waals surface area (Å²) in [6.07, 6.45) is 6.79. The Hall–Kier alpha value is -2.90. The maximum atomic E-state index is 11.6. The van der Waals surface area contributed by atoms with Crippen LogP contribution in [0.2, 0.25) is 0 Å². The summed E-state index contributed by atoms with van der Waals surface area (Å²) in [6.45, 7) is 0. The van der Waals surface area contributed by atoms with Gasteiger partial charge in [-0.1, -0.05) is 31.4 Å². The molecule has 8 nitrogen and oxygen atoms in total. The zero-order chi connectivity index (χ0) is 17.6. The molecule has 1 fully saturated rings. The number of methoxy groups -OCH3 is 1. The number of benzene rings is 1. The molecule has 8 heteroatoms. The number of hydrogen-bond donors (Lipinski definition) is 2. The van der Waals surface area contributed by atoms with E-state index in [1.165, 1.54) is 12.7 Å². The zero-order valence-electron chi connectivity index (χ0n) is 14.1. The van der Waals surface area contributed by atoms with Gasteiger partial charge >= 0.3 is 5.69 Å². The highest BCUT2D eigenvalue weighted by Crippen LogP contribution is 2.35. The van der Waals surface area contributed by atoms with Crippen molar-refractivity contribution in [1.82, 2.24) is 9.97 Å². The summed E-state index contributed by atoms with van der Waals surface area (Å²) in [7, 11) is 1.55. The first-order valence-corrected chi connectivity index (χ1v) is 8.35. The molecule has 0 unspecified atom stereocenters. The number of rotatable bonds is 6. The molecule has 0 radical (unpaired) electrons. The lowest BCUT2D eigenvalue weighted by atomic mass is 9.95. The molecule has 1 aromatic heterocycles. The van der Waals surface area contributed by atoms with Crippen LogP contribution in [0.1, 0.15) is 32.1 Å². The molecule has 1 aromatic carbocycles. The number of nitrogens with one attached hydrogen (secondary N) is 2. The second-order valence-electron chi connectivity index (χ2n) is 5.98. The topological polar surface area (TPSA) is 102 Å². The summed E-state index contributed by atoms with van der Waals surface area (Å²) in [6, 6.07) is 7.41. The number of aromatic nitrogens is 2. The fraction of sp³-hybridized carbons (Fsp3) is 0.412. The van der Waals surface area contributed by atoms with E-state index in [1.54, 1.807) is 19.2 Å². The molecule has 1 aliphatic rings. The van der Waals surface area contributed by atoms with E-state index in [9.17, 15) is 10.1 Å². The van der Waals surface area contributed by atoms with E-state index in [1.807, 2.05) is 12.1 Å². The minimum Gasteiger partial charge on any atom is -0.495 e. The van der Waals surface area contributed by atoms with Gasteiger partial charge in [0, 0.05) is 6.04 Å². The molecule has 2 aromatic rings. The summed E-state index contributed by atoms with van der Waals surface area (Å²) in [4.78, 5) is 19.4. The Balaban J connectivity index is 1.90. The van der Waals surface area contributed by atoms with E-state index in [-0.39, 0.29) is 23.4 Å². The van der Waals surface area contributed by atoms with Crippen molar-refractivity contribution in [3.8, 4) is 5.75 Å². The highest BCUT2D eigenvalue weighted by molar-refractivity contribution is 5.75. The maximum Gasteiger partial charge on any atom is 0.353 e. The highest BCUT2D eigenvalue weighted by Gasteiger charge is 2.26. The number of para-hydroxylation sites is 2. The van der Waals surface area contributed by atoms with Crippen molar-refractivity contribution < 1.29 is 9.66 Å². The average molecular weight is 343 g/mol. The normalized spacial score (nSPS) is 14.8. The number of nitrogens with zero attached hydrogens (tertiary/aromatic N) is 3. The first-order valence-electron chi connectivity index (χ1n) is 8.35. The van der Waals surface area contributed by atoms with Crippen LogP contribution in [0.3, 0.4) is 0 Å². The van der Waals surface area contributed by atoms with Gasteiger partial charge in [-0.05, 0) is 25.0 Å². The second kappa shape index (κ2) is 7.78.